The average molecular weight is 282 g/mol. The van der Waals surface area contributed by atoms with Crippen LogP contribution in [-0.2, 0) is 19.1 Å². The lowest BCUT2D eigenvalue weighted by atomic mass is 10.1. The monoisotopic (exact) mass is 282 g/mol. The molecule has 0 radical (unpaired) electrons. The molecule has 0 aromatic heterocycles. The Bertz CT molecular complexity index is 406. The third-order valence-corrected chi connectivity index (χ3v) is 4.00. The lowest BCUT2D eigenvalue weighted by molar-refractivity contribution is -0.142. The van der Waals surface area contributed by atoms with Crippen molar-refractivity contribution >= 4 is 17.8 Å². The van der Waals surface area contributed by atoms with Crippen LogP contribution >= 0.6 is 0 Å². The zero-order valence-corrected chi connectivity index (χ0v) is 12.1. The molecule has 0 N–H and O–H groups in total. The Balaban J connectivity index is 1.88. The van der Waals surface area contributed by atoms with Gasteiger partial charge in [-0.05, 0) is 19.8 Å². The number of rotatable bonds is 6. The molecule has 1 unspecified atom stereocenters. The molecule has 1 heterocycles. The number of hydrogen-bond donors (Lipinski definition) is 0. The van der Waals surface area contributed by atoms with Crippen molar-refractivity contribution in [2.75, 3.05) is 26.7 Å². The van der Waals surface area contributed by atoms with E-state index in [9.17, 15) is 14.4 Å². The highest BCUT2D eigenvalue weighted by molar-refractivity contribution is 5.89. The minimum absolute atomic E-state index is 0.0205. The number of nitrogens with zero attached hydrogens (tertiary/aromatic N) is 2. The van der Waals surface area contributed by atoms with Gasteiger partial charge in [-0.25, -0.2) is 0 Å². The highest BCUT2D eigenvalue weighted by Gasteiger charge is 2.42. The van der Waals surface area contributed by atoms with Gasteiger partial charge in [0.2, 0.25) is 11.8 Å². The van der Waals surface area contributed by atoms with Crippen molar-refractivity contribution in [2.24, 2.45) is 5.92 Å². The van der Waals surface area contributed by atoms with Gasteiger partial charge in [-0.15, -0.1) is 0 Å². The first-order valence-corrected chi connectivity index (χ1v) is 7.21. The number of esters is 1. The summed E-state index contributed by atoms with van der Waals surface area (Å²) >= 11 is 0. The van der Waals surface area contributed by atoms with Gasteiger partial charge < -0.3 is 14.5 Å². The zero-order valence-electron chi connectivity index (χ0n) is 12.1. The van der Waals surface area contributed by atoms with E-state index in [0.29, 0.717) is 32.1 Å². The molecular weight excluding hydrogens is 260 g/mol. The fourth-order valence-corrected chi connectivity index (χ4v) is 2.65. The van der Waals surface area contributed by atoms with Crippen molar-refractivity contribution in [3.8, 4) is 0 Å². The van der Waals surface area contributed by atoms with Gasteiger partial charge in [0.1, 0.15) is 0 Å². The minimum Gasteiger partial charge on any atom is -0.469 e. The number of carbonyl (C=O) groups is 3. The van der Waals surface area contributed by atoms with Crippen LogP contribution in [0, 0.1) is 5.92 Å². The Kier molecular flexibility index (Phi) is 4.62. The maximum atomic E-state index is 12.4. The second-order valence-electron chi connectivity index (χ2n) is 5.42. The van der Waals surface area contributed by atoms with Crippen molar-refractivity contribution in [1.29, 1.82) is 0 Å². The largest absolute Gasteiger partial charge is 0.469 e. The van der Waals surface area contributed by atoms with Gasteiger partial charge in [-0.2, -0.15) is 0 Å². The van der Waals surface area contributed by atoms with E-state index in [1.165, 1.54) is 7.11 Å². The van der Waals surface area contributed by atoms with Crippen LogP contribution in [0.4, 0.5) is 0 Å². The molecule has 1 atom stereocenters. The van der Waals surface area contributed by atoms with Crippen molar-refractivity contribution < 1.29 is 19.1 Å². The van der Waals surface area contributed by atoms with Gasteiger partial charge in [0.25, 0.3) is 0 Å². The number of ether oxygens (including phenoxy) is 1. The summed E-state index contributed by atoms with van der Waals surface area (Å²) in [4.78, 5) is 38.9. The summed E-state index contributed by atoms with van der Waals surface area (Å²) in [6, 6.07) is 0.366. The first-order chi connectivity index (χ1) is 9.56. The third kappa shape index (κ3) is 3.29. The summed E-state index contributed by atoms with van der Waals surface area (Å²) in [6.45, 7) is 3.32. The standard InChI is InChI=1S/C14H22N2O4/c1-3-15(7-6-13(18)20-2)14(19)10-8-12(17)16(9-10)11-4-5-11/h10-11H,3-9H2,1-2H3. The Morgan fingerprint density at radius 2 is 2.10 bits per heavy atom. The quantitative estimate of drug-likeness (QED) is 0.662. The van der Waals surface area contributed by atoms with Crippen molar-refractivity contribution in [3.63, 3.8) is 0 Å². The van der Waals surface area contributed by atoms with Gasteiger partial charge in [-0.3, -0.25) is 14.4 Å². The van der Waals surface area contributed by atoms with E-state index >= 15 is 0 Å². The third-order valence-electron chi connectivity index (χ3n) is 4.00. The lowest BCUT2D eigenvalue weighted by Crippen LogP contribution is -2.38. The van der Waals surface area contributed by atoms with Crippen LogP contribution in [0.3, 0.4) is 0 Å². The van der Waals surface area contributed by atoms with Crippen molar-refractivity contribution in [2.45, 2.75) is 38.6 Å². The Morgan fingerprint density at radius 3 is 2.65 bits per heavy atom. The van der Waals surface area contributed by atoms with E-state index in [2.05, 4.69) is 4.74 Å². The van der Waals surface area contributed by atoms with Gasteiger partial charge in [0.15, 0.2) is 0 Å². The first kappa shape index (κ1) is 14.8. The van der Waals surface area contributed by atoms with E-state index in [1.807, 2.05) is 11.8 Å². The summed E-state index contributed by atoms with van der Waals surface area (Å²) in [5.74, 6) is -0.498. The lowest BCUT2D eigenvalue weighted by Gasteiger charge is -2.23. The molecule has 0 aromatic rings. The van der Waals surface area contributed by atoms with Crippen molar-refractivity contribution in [1.82, 2.24) is 9.80 Å². The fourth-order valence-electron chi connectivity index (χ4n) is 2.65. The Morgan fingerprint density at radius 1 is 1.40 bits per heavy atom. The molecule has 6 nitrogen and oxygen atoms in total. The summed E-state index contributed by atoms with van der Waals surface area (Å²) in [6.07, 6.45) is 2.63. The normalized spacial score (nSPS) is 22.0. The highest BCUT2D eigenvalue weighted by Crippen LogP contribution is 2.33. The second kappa shape index (κ2) is 6.24. The van der Waals surface area contributed by atoms with E-state index < -0.39 is 0 Å². The molecule has 1 saturated heterocycles. The van der Waals surface area contributed by atoms with E-state index in [1.54, 1.807) is 4.90 Å². The Labute approximate surface area is 119 Å². The van der Waals surface area contributed by atoms with Crippen LogP contribution in [0.5, 0.6) is 0 Å². The molecule has 112 valence electrons. The summed E-state index contributed by atoms with van der Waals surface area (Å²) in [5.41, 5.74) is 0. The van der Waals surface area contributed by atoms with Crippen LogP contribution < -0.4 is 0 Å². The molecular formula is C14H22N2O4. The van der Waals surface area contributed by atoms with E-state index in [-0.39, 0.29) is 30.1 Å². The molecule has 1 saturated carbocycles. The molecule has 0 bridgehead atoms. The maximum Gasteiger partial charge on any atom is 0.307 e. The number of carbonyl (C=O) groups excluding carboxylic acids is 3. The Hall–Kier alpha value is -1.59. The predicted octanol–water partition coefficient (Wildman–Crippen LogP) is 0.409. The van der Waals surface area contributed by atoms with Gasteiger partial charge in [-0.1, -0.05) is 0 Å². The van der Waals surface area contributed by atoms with Crippen molar-refractivity contribution in [3.05, 3.63) is 0 Å². The number of hydrogen-bond acceptors (Lipinski definition) is 4. The summed E-state index contributed by atoms with van der Waals surface area (Å²) in [5, 5.41) is 0. The van der Waals surface area contributed by atoms with Crippen LogP contribution in [0.25, 0.3) is 0 Å². The predicted molar refractivity (Wildman–Crippen MR) is 71.7 cm³/mol. The van der Waals surface area contributed by atoms with E-state index in [0.717, 1.165) is 12.8 Å². The van der Waals surface area contributed by atoms with Crippen LogP contribution in [-0.4, -0.2) is 60.4 Å². The summed E-state index contributed by atoms with van der Waals surface area (Å²) < 4.78 is 4.58. The van der Waals surface area contributed by atoms with Crippen LogP contribution in [0.15, 0.2) is 0 Å². The molecule has 2 amide bonds. The molecule has 0 spiro atoms. The SMILES string of the molecule is CCN(CCC(=O)OC)C(=O)C1CC(=O)N(C2CC2)C1. The van der Waals surface area contributed by atoms with Crippen LogP contribution in [0.1, 0.15) is 32.6 Å². The first-order valence-electron chi connectivity index (χ1n) is 7.21. The van der Waals surface area contributed by atoms with Gasteiger partial charge >= 0.3 is 5.97 Å². The molecule has 1 aliphatic carbocycles. The molecule has 6 heteroatoms. The molecule has 2 rings (SSSR count). The maximum absolute atomic E-state index is 12.4. The molecule has 20 heavy (non-hydrogen) atoms. The highest BCUT2D eigenvalue weighted by atomic mass is 16.5. The molecule has 1 aliphatic heterocycles. The number of likely N-dealkylation sites (tertiary alicyclic amines) is 1. The second-order valence-corrected chi connectivity index (χ2v) is 5.42. The smallest absolute Gasteiger partial charge is 0.307 e. The van der Waals surface area contributed by atoms with Gasteiger partial charge in [0.05, 0.1) is 19.4 Å². The fraction of sp³-hybridized carbons (Fsp3) is 0.786. The molecule has 0 aromatic carbocycles. The number of amides is 2. The van der Waals surface area contributed by atoms with Crippen LogP contribution in [0.2, 0.25) is 0 Å². The molecule has 2 fully saturated rings. The van der Waals surface area contributed by atoms with E-state index in [4.69, 9.17) is 0 Å². The molecule has 2 aliphatic rings. The van der Waals surface area contributed by atoms with Gasteiger partial charge in [0, 0.05) is 32.1 Å². The minimum atomic E-state index is -0.321. The summed E-state index contributed by atoms with van der Waals surface area (Å²) in [7, 11) is 1.34. The average Bonchev–Trinajstić information content (AvgIpc) is 3.21. The topological polar surface area (TPSA) is 66.9 Å². The zero-order chi connectivity index (χ0) is 14.7. The number of methoxy groups -OCH3 is 1.